The van der Waals surface area contributed by atoms with E-state index in [0.29, 0.717) is 21.5 Å². The highest BCUT2D eigenvalue weighted by Gasteiger charge is 2.38. The summed E-state index contributed by atoms with van der Waals surface area (Å²) in [6, 6.07) is 12.6. The Morgan fingerprint density at radius 3 is 2.42 bits per heavy atom. The number of quaternary nitrogens is 1. The molecular formula is C22H29Cl4N4O+. The van der Waals surface area contributed by atoms with Gasteiger partial charge in [0, 0.05) is 16.4 Å². The summed E-state index contributed by atoms with van der Waals surface area (Å²) in [6.07, 6.45) is 5.48. The Bertz CT molecular complexity index is 835. The normalized spacial score (nSPS) is 17.8. The van der Waals surface area contributed by atoms with Crippen molar-refractivity contribution in [2.45, 2.75) is 44.7 Å². The Balaban J connectivity index is 0.00000166. The fourth-order valence-electron chi connectivity index (χ4n) is 3.46. The summed E-state index contributed by atoms with van der Waals surface area (Å²) in [5, 5.41) is 3.71. The summed E-state index contributed by atoms with van der Waals surface area (Å²) < 4.78 is 0. The maximum Gasteiger partial charge on any atom is 0.283 e. The van der Waals surface area contributed by atoms with Gasteiger partial charge in [-0.15, -0.1) is 11.6 Å². The van der Waals surface area contributed by atoms with Crippen LogP contribution in [0.3, 0.4) is 0 Å². The lowest BCUT2D eigenvalue weighted by Crippen LogP contribution is -2.95. The van der Waals surface area contributed by atoms with Gasteiger partial charge >= 0.3 is 0 Å². The molecule has 2 unspecified atom stereocenters. The zero-order chi connectivity index (χ0) is 22.8. The van der Waals surface area contributed by atoms with Gasteiger partial charge in [0.1, 0.15) is 6.04 Å². The van der Waals surface area contributed by atoms with E-state index in [4.69, 9.17) is 34.8 Å². The predicted molar refractivity (Wildman–Crippen MR) is 131 cm³/mol. The van der Waals surface area contributed by atoms with Crippen molar-refractivity contribution in [3.63, 3.8) is 0 Å². The summed E-state index contributed by atoms with van der Waals surface area (Å²) in [4.78, 5) is 12.7. The van der Waals surface area contributed by atoms with Gasteiger partial charge in [-0.25, -0.2) is 16.3 Å². The molecule has 170 valence electrons. The fourth-order valence-corrected chi connectivity index (χ4v) is 4.08. The molecule has 0 aromatic heterocycles. The molecule has 3 rings (SSSR count). The van der Waals surface area contributed by atoms with Crippen LogP contribution in [-0.4, -0.2) is 24.9 Å². The third-order valence-electron chi connectivity index (χ3n) is 5.00. The first-order valence-electron chi connectivity index (χ1n) is 10.3. The molecule has 1 amide bonds. The molecule has 2 aromatic carbocycles. The van der Waals surface area contributed by atoms with E-state index in [0.717, 1.165) is 37.1 Å². The smallest absolute Gasteiger partial charge is 0.283 e. The van der Waals surface area contributed by atoms with Gasteiger partial charge < -0.3 is 0 Å². The molecule has 4 N–H and O–H groups in total. The largest absolute Gasteiger partial charge is 0.299 e. The van der Waals surface area contributed by atoms with Gasteiger partial charge in [0.2, 0.25) is 0 Å². The van der Waals surface area contributed by atoms with E-state index in [1.165, 1.54) is 6.38 Å². The number of nitrogens with one attached hydrogen (secondary N) is 2. The van der Waals surface area contributed by atoms with Crippen LogP contribution in [0.25, 0.3) is 0 Å². The fraction of sp³-hybridized carbons (Fsp3) is 0.409. The van der Waals surface area contributed by atoms with Crippen molar-refractivity contribution in [1.29, 1.82) is 0 Å². The lowest BCUT2D eigenvalue weighted by atomic mass is 10.0. The van der Waals surface area contributed by atoms with E-state index in [9.17, 15) is 4.79 Å². The average molecular weight is 507 g/mol. The number of carbonyl (C=O) groups excluding carboxylic acids is 1. The molecule has 5 nitrogen and oxygen atoms in total. The molecule has 0 saturated carbocycles. The summed E-state index contributed by atoms with van der Waals surface area (Å²) in [5.41, 5.74) is 9.94. The van der Waals surface area contributed by atoms with Crippen molar-refractivity contribution >= 4 is 58.0 Å². The van der Waals surface area contributed by atoms with Crippen LogP contribution in [0.2, 0.25) is 15.1 Å². The van der Waals surface area contributed by atoms with Crippen molar-refractivity contribution < 1.29 is 10.2 Å². The average Bonchev–Trinajstić information content (AvgIpc) is 3.20. The molecular weight excluding hydrogens is 478 g/mol. The van der Waals surface area contributed by atoms with Crippen molar-refractivity contribution in [3.05, 3.63) is 63.1 Å². The number of unbranched alkanes of at least 4 members (excludes halogenated alkanes) is 2. The van der Waals surface area contributed by atoms with E-state index in [2.05, 4.69) is 29.4 Å². The number of hydrogen-bond acceptors (Lipinski definition) is 3. The molecule has 1 fully saturated rings. The number of amides is 1. The Labute approximate surface area is 204 Å². The molecule has 1 saturated heterocycles. The molecule has 1 aliphatic rings. The van der Waals surface area contributed by atoms with Gasteiger partial charge in [-0.05, 0) is 55.2 Å². The highest BCUT2D eigenvalue weighted by Crippen LogP contribution is 2.38. The monoisotopic (exact) mass is 505 g/mol. The van der Waals surface area contributed by atoms with Crippen LogP contribution in [0.4, 0.5) is 5.69 Å². The Morgan fingerprint density at radius 1 is 1.10 bits per heavy atom. The van der Waals surface area contributed by atoms with E-state index >= 15 is 0 Å². The van der Waals surface area contributed by atoms with E-state index < -0.39 is 0 Å². The summed E-state index contributed by atoms with van der Waals surface area (Å²) >= 11 is 23.2. The number of anilines is 1. The highest BCUT2D eigenvalue weighted by atomic mass is 35.5. The molecule has 9 heteroatoms. The number of nitrogens with zero attached hydrogens (tertiary/aromatic N) is 1. The second-order valence-electron chi connectivity index (χ2n) is 7.16. The maximum absolute atomic E-state index is 12.7. The van der Waals surface area contributed by atoms with Gasteiger partial charge in [-0.3, -0.25) is 9.80 Å². The number of carbonyl (C=O) groups is 1. The van der Waals surface area contributed by atoms with Crippen LogP contribution >= 0.6 is 46.4 Å². The number of nitrogens with two attached hydrogens (primary N) is 1. The first-order valence-corrected chi connectivity index (χ1v) is 12.1. The number of hydrogen-bond donors (Lipinski definition) is 3. The van der Waals surface area contributed by atoms with Crippen LogP contribution < -0.4 is 21.3 Å². The Morgan fingerprint density at radius 2 is 1.77 bits per heavy atom. The number of alkyl halides is 1. The highest BCUT2D eigenvalue weighted by molar-refractivity contribution is 6.36. The lowest BCUT2D eigenvalue weighted by Gasteiger charge is -2.27. The van der Waals surface area contributed by atoms with Crippen LogP contribution in [-0.2, 0) is 4.79 Å². The molecule has 1 aliphatic heterocycles. The molecule has 1 heterocycles. The van der Waals surface area contributed by atoms with Gasteiger partial charge in [-0.1, -0.05) is 60.3 Å². The molecule has 0 bridgehead atoms. The minimum Gasteiger partial charge on any atom is -0.299 e. The van der Waals surface area contributed by atoms with Crippen LogP contribution in [0, 0.1) is 0 Å². The third kappa shape index (κ3) is 7.41. The van der Waals surface area contributed by atoms with Crippen LogP contribution in [0.5, 0.6) is 0 Å². The van der Waals surface area contributed by atoms with Gasteiger partial charge in [0.25, 0.3) is 5.91 Å². The second kappa shape index (κ2) is 13.4. The van der Waals surface area contributed by atoms with Crippen molar-refractivity contribution in [2.24, 2.45) is 0 Å². The molecule has 2 aromatic rings. The molecule has 0 radical (unpaired) electrons. The molecule has 31 heavy (non-hydrogen) atoms. The number of benzene rings is 2. The number of hydrazine groups is 1. The summed E-state index contributed by atoms with van der Waals surface area (Å²) in [7, 11) is 0. The van der Waals surface area contributed by atoms with Crippen molar-refractivity contribution in [2.75, 3.05) is 17.9 Å². The van der Waals surface area contributed by atoms with E-state index in [1.807, 2.05) is 40.8 Å². The minimum absolute atomic E-state index is 0.0481. The first-order chi connectivity index (χ1) is 15.0. The molecule has 2 atom stereocenters. The van der Waals surface area contributed by atoms with Gasteiger partial charge in [0.05, 0.1) is 23.3 Å². The van der Waals surface area contributed by atoms with E-state index in [-0.39, 0.29) is 18.0 Å². The third-order valence-corrected chi connectivity index (χ3v) is 5.79. The van der Waals surface area contributed by atoms with Crippen molar-refractivity contribution in [3.8, 4) is 0 Å². The quantitative estimate of drug-likeness (QED) is 0.153. The topological polar surface area (TPSA) is 61.0 Å². The Hall–Kier alpha value is -1.21. The van der Waals surface area contributed by atoms with E-state index in [1.54, 1.807) is 12.1 Å². The zero-order valence-corrected chi connectivity index (χ0v) is 20.7. The Kier molecular flexibility index (Phi) is 11.2. The second-order valence-corrected chi connectivity index (χ2v) is 8.44. The first kappa shape index (κ1) is 26.0. The lowest BCUT2D eigenvalue weighted by molar-refractivity contribution is -0.699. The standard InChI is InChI=1S/C21H25Cl3N4O.CH3Cl/c1-2-3-4-11-25-26-21(29)18-13-20(14-5-7-15(22)8-6-14)28(27-18)19-10-9-16(23)12-17(19)24;1-2/h5-10,12,18,20,25,27H,2-4,11,13H2,1H3,(H,26,29);1H3/p+1. The minimum atomic E-state index is -0.371. The number of halogens is 4. The summed E-state index contributed by atoms with van der Waals surface area (Å²) in [5.74, 6) is -0.0481. The SMILES string of the molecule is CCCCC[NH2+]NC(=O)C1CC(c2ccc(Cl)cc2)N(c2ccc(Cl)cc2Cl)N1.CCl. The van der Waals surface area contributed by atoms with Gasteiger partial charge in [0.15, 0.2) is 0 Å². The van der Waals surface area contributed by atoms with Gasteiger partial charge in [-0.2, -0.15) is 0 Å². The van der Waals surface area contributed by atoms with Crippen LogP contribution in [0.15, 0.2) is 42.5 Å². The molecule has 0 aliphatic carbocycles. The van der Waals surface area contributed by atoms with Crippen LogP contribution in [0.1, 0.15) is 44.2 Å². The number of rotatable bonds is 8. The maximum atomic E-state index is 12.7. The zero-order valence-electron chi connectivity index (χ0n) is 17.7. The summed E-state index contributed by atoms with van der Waals surface area (Å²) in [6.45, 7) is 3.04. The predicted octanol–water partition coefficient (Wildman–Crippen LogP) is 5.11. The molecule has 0 spiro atoms. The van der Waals surface area contributed by atoms with Crippen molar-refractivity contribution in [1.82, 2.24) is 10.9 Å².